The van der Waals surface area contributed by atoms with Crippen LogP contribution in [0.5, 0.6) is 0 Å². The Hall–Kier alpha value is -3.40. The van der Waals surface area contributed by atoms with Gasteiger partial charge in [0.1, 0.15) is 24.5 Å². The van der Waals surface area contributed by atoms with Crippen LogP contribution in [0.1, 0.15) is 44.5 Å². The van der Waals surface area contributed by atoms with E-state index in [4.69, 9.17) is 5.73 Å². The number of aromatic nitrogens is 1. The van der Waals surface area contributed by atoms with Gasteiger partial charge >= 0.3 is 0 Å². The summed E-state index contributed by atoms with van der Waals surface area (Å²) in [4.78, 5) is 26.5. The standard InChI is InChI=1S/C30H38F2N4O3/c1-29(2,3)28(36(27(39)18-37)13-12-30(33,20-38)19-34-4)26-14-22(24-15-23(31)10-11-25(24)32)17-35(26)16-21-8-6-5-7-9-21/h5-11,14-15,17,20,28,34,37H,12-13,16,18-19,33H2,1-4H3/t28-,30-/m0/s1. The van der Waals surface area contributed by atoms with Crippen LogP contribution in [0.25, 0.3) is 11.1 Å². The maximum absolute atomic E-state index is 14.8. The molecule has 210 valence electrons. The van der Waals surface area contributed by atoms with Crippen LogP contribution >= 0.6 is 0 Å². The van der Waals surface area contributed by atoms with Gasteiger partial charge in [-0.2, -0.15) is 0 Å². The molecule has 0 radical (unpaired) electrons. The fourth-order valence-electron chi connectivity index (χ4n) is 4.95. The summed E-state index contributed by atoms with van der Waals surface area (Å²) in [6.45, 7) is 5.86. The van der Waals surface area contributed by atoms with Gasteiger partial charge in [0.15, 0.2) is 0 Å². The van der Waals surface area contributed by atoms with Crippen LogP contribution in [0.15, 0.2) is 60.8 Å². The average Bonchev–Trinajstić information content (AvgIpc) is 3.29. The third-order valence-electron chi connectivity index (χ3n) is 6.79. The minimum Gasteiger partial charge on any atom is -0.387 e. The van der Waals surface area contributed by atoms with Crippen LogP contribution in [-0.4, -0.2) is 59.0 Å². The Kier molecular flexibility index (Phi) is 9.77. The Morgan fingerprint density at radius 3 is 2.44 bits per heavy atom. The molecule has 0 aliphatic heterocycles. The fourth-order valence-corrected chi connectivity index (χ4v) is 4.95. The Labute approximate surface area is 228 Å². The van der Waals surface area contributed by atoms with E-state index >= 15 is 0 Å². The molecule has 2 atom stereocenters. The number of carbonyl (C=O) groups is 2. The molecule has 39 heavy (non-hydrogen) atoms. The summed E-state index contributed by atoms with van der Waals surface area (Å²) in [5.74, 6) is -1.66. The molecule has 3 aromatic rings. The van der Waals surface area contributed by atoms with Crippen molar-refractivity contribution in [1.82, 2.24) is 14.8 Å². The molecule has 0 bridgehead atoms. The number of nitrogens with one attached hydrogen (secondary N) is 1. The van der Waals surface area contributed by atoms with E-state index in [-0.39, 0.29) is 25.1 Å². The second kappa shape index (κ2) is 12.6. The van der Waals surface area contributed by atoms with Crippen molar-refractivity contribution in [2.45, 2.75) is 45.3 Å². The lowest BCUT2D eigenvalue weighted by Crippen LogP contribution is -2.53. The van der Waals surface area contributed by atoms with Gasteiger partial charge in [0.05, 0.1) is 11.6 Å². The van der Waals surface area contributed by atoms with Gasteiger partial charge < -0.3 is 30.4 Å². The van der Waals surface area contributed by atoms with Crippen molar-refractivity contribution in [2.24, 2.45) is 11.1 Å². The normalized spacial score (nSPS) is 14.1. The first kappa shape index (κ1) is 30.1. The number of carbonyl (C=O) groups excluding carboxylic acids is 2. The predicted octanol–water partition coefficient (Wildman–Crippen LogP) is 3.90. The molecular weight excluding hydrogens is 502 g/mol. The lowest BCUT2D eigenvalue weighted by molar-refractivity contribution is -0.140. The van der Waals surface area contributed by atoms with E-state index in [9.17, 15) is 23.5 Å². The van der Waals surface area contributed by atoms with Crippen molar-refractivity contribution in [1.29, 1.82) is 0 Å². The van der Waals surface area contributed by atoms with Crippen LogP contribution in [0.3, 0.4) is 0 Å². The zero-order chi connectivity index (χ0) is 28.8. The van der Waals surface area contributed by atoms with Crippen LogP contribution in [0.2, 0.25) is 0 Å². The van der Waals surface area contributed by atoms with Crippen molar-refractivity contribution in [3.63, 3.8) is 0 Å². The van der Waals surface area contributed by atoms with Crippen molar-refractivity contribution in [2.75, 3.05) is 26.7 Å². The molecule has 0 aliphatic carbocycles. The summed E-state index contributed by atoms with van der Waals surface area (Å²) < 4.78 is 30.9. The third-order valence-corrected chi connectivity index (χ3v) is 6.79. The fraction of sp³-hybridized carbons (Fsp3) is 0.400. The van der Waals surface area contributed by atoms with Crippen LogP contribution in [0.4, 0.5) is 8.78 Å². The highest BCUT2D eigenvalue weighted by atomic mass is 19.1. The molecule has 0 aliphatic rings. The van der Waals surface area contributed by atoms with E-state index in [2.05, 4.69) is 5.32 Å². The number of hydrogen-bond acceptors (Lipinski definition) is 5. The number of aldehydes is 1. The molecule has 4 N–H and O–H groups in total. The number of nitrogens with two attached hydrogens (primary N) is 1. The van der Waals surface area contributed by atoms with Crippen molar-refractivity contribution in [3.05, 3.63) is 83.7 Å². The molecule has 1 amide bonds. The zero-order valence-corrected chi connectivity index (χ0v) is 23.0. The Morgan fingerprint density at radius 2 is 1.85 bits per heavy atom. The van der Waals surface area contributed by atoms with E-state index in [1.165, 1.54) is 4.90 Å². The van der Waals surface area contributed by atoms with Crippen LogP contribution < -0.4 is 11.1 Å². The van der Waals surface area contributed by atoms with Crippen LogP contribution in [0, 0.1) is 17.0 Å². The van der Waals surface area contributed by atoms with Crippen molar-refractivity contribution >= 4 is 12.2 Å². The summed E-state index contributed by atoms with van der Waals surface area (Å²) in [7, 11) is 1.68. The number of amides is 1. The van der Waals surface area contributed by atoms with Gasteiger partial charge in [-0.15, -0.1) is 0 Å². The van der Waals surface area contributed by atoms with E-state index in [1.807, 2.05) is 55.7 Å². The number of aliphatic hydroxyl groups excluding tert-OH is 1. The highest BCUT2D eigenvalue weighted by molar-refractivity contribution is 5.78. The summed E-state index contributed by atoms with van der Waals surface area (Å²) in [5, 5.41) is 12.8. The summed E-state index contributed by atoms with van der Waals surface area (Å²) in [5.41, 5.74) is 6.71. The van der Waals surface area contributed by atoms with Gasteiger partial charge in [0.2, 0.25) is 5.91 Å². The molecule has 0 unspecified atom stereocenters. The van der Waals surface area contributed by atoms with Gasteiger partial charge in [-0.05, 0) is 48.7 Å². The Balaban J connectivity index is 2.18. The number of aliphatic hydroxyl groups is 1. The van der Waals surface area contributed by atoms with Crippen LogP contribution in [-0.2, 0) is 16.1 Å². The molecule has 0 saturated heterocycles. The number of nitrogens with zero attached hydrogens (tertiary/aromatic N) is 2. The minimum absolute atomic E-state index is 0.0957. The van der Waals surface area contributed by atoms with Gasteiger partial charge in [-0.3, -0.25) is 4.79 Å². The molecular formula is C30H38F2N4O3. The van der Waals surface area contributed by atoms with E-state index in [1.54, 1.807) is 19.3 Å². The molecule has 2 aromatic carbocycles. The number of rotatable bonds is 12. The third kappa shape index (κ3) is 7.38. The van der Waals surface area contributed by atoms with E-state index < -0.39 is 41.1 Å². The molecule has 0 spiro atoms. The molecule has 0 saturated carbocycles. The lowest BCUT2D eigenvalue weighted by atomic mass is 9.82. The second-order valence-electron chi connectivity index (χ2n) is 11.0. The van der Waals surface area contributed by atoms with Gasteiger partial charge in [-0.1, -0.05) is 51.1 Å². The highest BCUT2D eigenvalue weighted by Gasteiger charge is 2.38. The molecule has 9 heteroatoms. The number of likely N-dealkylation sites (N-methyl/N-ethyl adjacent to an activating group) is 1. The molecule has 3 rings (SSSR count). The summed E-state index contributed by atoms with van der Waals surface area (Å²) in [6.07, 6.45) is 2.57. The summed E-state index contributed by atoms with van der Waals surface area (Å²) in [6, 6.07) is 14.1. The smallest absolute Gasteiger partial charge is 0.248 e. The summed E-state index contributed by atoms with van der Waals surface area (Å²) >= 11 is 0. The Morgan fingerprint density at radius 1 is 1.15 bits per heavy atom. The molecule has 1 heterocycles. The quantitative estimate of drug-likeness (QED) is 0.303. The maximum Gasteiger partial charge on any atom is 0.248 e. The largest absolute Gasteiger partial charge is 0.387 e. The highest BCUT2D eigenvalue weighted by Crippen LogP contribution is 2.41. The second-order valence-corrected chi connectivity index (χ2v) is 11.0. The Bertz CT molecular complexity index is 1270. The monoisotopic (exact) mass is 540 g/mol. The molecule has 0 fully saturated rings. The van der Waals surface area contributed by atoms with Crippen molar-refractivity contribution in [3.8, 4) is 11.1 Å². The molecule has 1 aromatic heterocycles. The maximum atomic E-state index is 14.8. The SMILES string of the molecule is CNC[C@](N)(C=O)CCN(C(=O)CO)[C@@H](c1cc(-c2cc(F)ccc2F)cn1Cc1ccccc1)C(C)(C)C. The van der Waals surface area contributed by atoms with Gasteiger partial charge in [0.25, 0.3) is 0 Å². The van der Waals surface area contributed by atoms with E-state index in [0.29, 0.717) is 24.1 Å². The number of halogens is 2. The lowest BCUT2D eigenvalue weighted by Gasteiger charge is -2.41. The molecule has 7 nitrogen and oxygen atoms in total. The first-order valence-electron chi connectivity index (χ1n) is 12.9. The first-order chi connectivity index (χ1) is 18.4. The number of hydrogen-bond donors (Lipinski definition) is 3. The predicted molar refractivity (Wildman–Crippen MR) is 148 cm³/mol. The minimum atomic E-state index is -1.22. The first-order valence-corrected chi connectivity index (χ1v) is 12.9. The topological polar surface area (TPSA) is 101 Å². The van der Waals surface area contributed by atoms with Gasteiger partial charge in [0, 0.05) is 42.7 Å². The van der Waals surface area contributed by atoms with Gasteiger partial charge in [-0.25, -0.2) is 8.78 Å². The zero-order valence-electron chi connectivity index (χ0n) is 23.0. The van der Waals surface area contributed by atoms with Crippen molar-refractivity contribution < 1.29 is 23.5 Å². The number of benzene rings is 2. The van der Waals surface area contributed by atoms with E-state index in [0.717, 1.165) is 23.8 Å². The average molecular weight is 541 g/mol.